The van der Waals surface area contributed by atoms with Gasteiger partial charge in [0.15, 0.2) is 9.84 Å². The van der Waals surface area contributed by atoms with Crippen LogP contribution in [0.1, 0.15) is 6.42 Å². The summed E-state index contributed by atoms with van der Waals surface area (Å²) >= 11 is 0.972. The summed E-state index contributed by atoms with van der Waals surface area (Å²) in [6, 6.07) is 4.75. The third-order valence-electron chi connectivity index (χ3n) is 5.67. The van der Waals surface area contributed by atoms with E-state index in [0.717, 1.165) is 11.7 Å². The van der Waals surface area contributed by atoms with Crippen molar-refractivity contribution in [2.75, 3.05) is 51.3 Å². The first-order valence-electron chi connectivity index (χ1n) is 9.57. The van der Waals surface area contributed by atoms with Crippen LogP contribution in [-0.2, 0) is 24.7 Å². The summed E-state index contributed by atoms with van der Waals surface area (Å²) in [4.78, 5) is 16.2. The zero-order valence-corrected chi connectivity index (χ0v) is 18.9. The molecule has 10 nitrogen and oxygen atoms in total. The molecule has 2 aliphatic heterocycles. The highest BCUT2D eigenvalue weighted by atomic mass is 32.2. The van der Waals surface area contributed by atoms with Crippen LogP contribution in [-0.4, -0.2) is 103 Å². The molecule has 30 heavy (non-hydrogen) atoms. The van der Waals surface area contributed by atoms with E-state index in [2.05, 4.69) is 8.75 Å². The molecule has 2 aliphatic rings. The molecular weight excluding hydrogens is 450 g/mol. The second kappa shape index (κ2) is 8.11. The number of hydrogen-bond donors (Lipinski definition) is 0. The van der Waals surface area contributed by atoms with E-state index in [9.17, 15) is 21.6 Å². The van der Waals surface area contributed by atoms with Crippen molar-refractivity contribution in [1.29, 1.82) is 0 Å². The van der Waals surface area contributed by atoms with E-state index in [1.807, 2.05) is 0 Å². The summed E-state index contributed by atoms with van der Waals surface area (Å²) < 4.78 is 59.1. The lowest BCUT2D eigenvalue weighted by molar-refractivity contribution is -0.133. The van der Waals surface area contributed by atoms with Gasteiger partial charge in [0, 0.05) is 32.2 Å². The van der Waals surface area contributed by atoms with Gasteiger partial charge in [0.1, 0.15) is 15.9 Å². The molecule has 2 aromatic rings. The second-order valence-corrected chi connectivity index (χ2v) is 12.3. The maximum absolute atomic E-state index is 13.1. The predicted octanol–water partition coefficient (Wildman–Crippen LogP) is -0.357. The van der Waals surface area contributed by atoms with Gasteiger partial charge in [0.2, 0.25) is 15.9 Å². The van der Waals surface area contributed by atoms with Gasteiger partial charge in [-0.15, -0.1) is 0 Å². The molecule has 0 spiro atoms. The van der Waals surface area contributed by atoms with Gasteiger partial charge in [0.25, 0.3) is 0 Å². The van der Waals surface area contributed by atoms with E-state index >= 15 is 0 Å². The highest BCUT2D eigenvalue weighted by Crippen LogP contribution is 2.25. The van der Waals surface area contributed by atoms with Gasteiger partial charge >= 0.3 is 0 Å². The molecule has 0 radical (unpaired) electrons. The van der Waals surface area contributed by atoms with E-state index in [1.54, 1.807) is 29.0 Å². The van der Waals surface area contributed by atoms with Crippen molar-refractivity contribution < 1.29 is 21.6 Å². The third-order valence-corrected chi connectivity index (χ3v) is 9.90. The van der Waals surface area contributed by atoms with Crippen molar-refractivity contribution in [1.82, 2.24) is 22.9 Å². The minimum atomic E-state index is -3.73. The van der Waals surface area contributed by atoms with Crippen LogP contribution in [0.2, 0.25) is 0 Å². The summed E-state index contributed by atoms with van der Waals surface area (Å²) in [5.41, 5.74) is 0.918. The molecule has 2 fully saturated rings. The molecule has 164 valence electrons. The van der Waals surface area contributed by atoms with Crippen LogP contribution in [0.5, 0.6) is 0 Å². The van der Waals surface area contributed by atoms with Gasteiger partial charge in [-0.05, 0) is 25.6 Å². The molecule has 0 aliphatic carbocycles. The second-order valence-electron chi connectivity index (χ2n) is 7.64. The largest absolute Gasteiger partial charge is 0.339 e. The SMILES string of the molecule is CN(CC(=O)N1CCN(S(=O)(=O)c2cccc3nsnc23)CC1)C1CCS(=O)(=O)C1. The number of hydrogen-bond acceptors (Lipinski definition) is 9. The molecule has 2 saturated heterocycles. The molecule has 0 N–H and O–H groups in total. The Morgan fingerprint density at radius 1 is 1.23 bits per heavy atom. The lowest BCUT2D eigenvalue weighted by atomic mass is 10.2. The summed E-state index contributed by atoms with van der Waals surface area (Å²) in [7, 11) is -4.99. The number of aromatic nitrogens is 2. The highest BCUT2D eigenvalue weighted by Gasteiger charge is 2.34. The van der Waals surface area contributed by atoms with E-state index in [-0.39, 0.29) is 48.0 Å². The summed E-state index contributed by atoms with van der Waals surface area (Å²) in [5.74, 6) is 0.123. The van der Waals surface area contributed by atoms with Gasteiger partial charge in [-0.25, -0.2) is 16.8 Å². The number of likely N-dealkylation sites (N-methyl/N-ethyl adjacent to an activating group) is 1. The van der Waals surface area contributed by atoms with Gasteiger partial charge < -0.3 is 4.90 Å². The van der Waals surface area contributed by atoms with Crippen LogP contribution in [0.15, 0.2) is 23.1 Å². The molecule has 0 bridgehead atoms. The van der Waals surface area contributed by atoms with Gasteiger partial charge in [-0.1, -0.05) is 6.07 Å². The number of piperazine rings is 1. The molecular formula is C17H23N5O5S3. The van der Waals surface area contributed by atoms with Crippen LogP contribution < -0.4 is 0 Å². The van der Waals surface area contributed by atoms with Crippen molar-refractivity contribution in [3.8, 4) is 0 Å². The smallest absolute Gasteiger partial charge is 0.245 e. The van der Waals surface area contributed by atoms with E-state index < -0.39 is 19.9 Å². The molecule has 1 atom stereocenters. The fourth-order valence-electron chi connectivity index (χ4n) is 3.87. The van der Waals surface area contributed by atoms with E-state index in [1.165, 1.54) is 10.4 Å². The van der Waals surface area contributed by atoms with E-state index in [4.69, 9.17) is 0 Å². The number of sulfone groups is 1. The van der Waals surface area contributed by atoms with Crippen molar-refractivity contribution in [2.24, 2.45) is 0 Å². The predicted molar refractivity (Wildman–Crippen MR) is 112 cm³/mol. The Balaban J connectivity index is 1.37. The minimum Gasteiger partial charge on any atom is -0.339 e. The number of carbonyl (C=O) groups excluding carboxylic acids is 1. The average molecular weight is 474 g/mol. The zero-order valence-electron chi connectivity index (χ0n) is 16.5. The van der Waals surface area contributed by atoms with E-state index in [0.29, 0.717) is 30.5 Å². The Bertz CT molecular complexity index is 1160. The normalized spacial score (nSPS) is 22.7. The summed E-state index contributed by atoms with van der Waals surface area (Å²) in [6.45, 7) is 1.10. The van der Waals surface area contributed by atoms with Crippen molar-refractivity contribution in [3.05, 3.63) is 18.2 Å². The number of nitrogens with zero attached hydrogens (tertiary/aromatic N) is 5. The topological polar surface area (TPSA) is 121 Å². The molecule has 0 saturated carbocycles. The van der Waals surface area contributed by atoms with Crippen LogP contribution in [0.4, 0.5) is 0 Å². The number of rotatable bonds is 5. The minimum absolute atomic E-state index is 0.0832. The van der Waals surface area contributed by atoms with Gasteiger partial charge in [-0.2, -0.15) is 13.1 Å². The number of fused-ring (bicyclic) bond motifs is 1. The van der Waals surface area contributed by atoms with Crippen molar-refractivity contribution in [2.45, 2.75) is 17.4 Å². The lowest BCUT2D eigenvalue weighted by Crippen LogP contribution is -2.53. The van der Waals surface area contributed by atoms with Crippen molar-refractivity contribution in [3.63, 3.8) is 0 Å². The zero-order chi connectivity index (χ0) is 21.5. The first-order chi connectivity index (χ1) is 14.2. The van der Waals surface area contributed by atoms with Crippen molar-refractivity contribution >= 4 is 48.5 Å². The maximum Gasteiger partial charge on any atom is 0.245 e. The molecule has 1 amide bonds. The van der Waals surface area contributed by atoms with Crippen LogP contribution in [0, 0.1) is 0 Å². The molecule has 4 rings (SSSR count). The maximum atomic E-state index is 13.1. The Hall–Kier alpha value is -1.67. The average Bonchev–Trinajstić information content (AvgIpc) is 3.33. The fraction of sp³-hybridized carbons (Fsp3) is 0.588. The number of sulfonamides is 1. The molecule has 1 aromatic heterocycles. The molecule has 1 unspecified atom stereocenters. The Morgan fingerprint density at radius 2 is 1.97 bits per heavy atom. The number of benzene rings is 1. The van der Waals surface area contributed by atoms with Crippen LogP contribution in [0.3, 0.4) is 0 Å². The third kappa shape index (κ3) is 4.21. The summed E-state index contributed by atoms with van der Waals surface area (Å²) in [5, 5.41) is 0. The number of amides is 1. The van der Waals surface area contributed by atoms with Gasteiger partial charge in [0.05, 0.1) is 29.8 Å². The Morgan fingerprint density at radius 3 is 2.63 bits per heavy atom. The summed E-state index contributed by atoms with van der Waals surface area (Å²) in [6.07, 6.45) is 0.537. The van der Waals surface area contributed by atoms with Gasteiger partial charge in [-0.3, -0.25) is 9.69 Å². The Labute approximate surface area is 179 Å². The first kappa shape index (κ1) is 21.6. The standard InChI is InChI=1S/C17H23N5O5S3/c1-20(13-5-10-29(24,25)12-13)11-16(23)21-6-8-22(9-7-21)30(26,27)15-4-2-3-14-17(15)19-28-18-14/h2-4,13H,5-12H2,1H3. The lowest BCUT2D eigenvalue weighted by Gasteiger charge is -2.35. The Kier molecular flexibility index (Phi) is 5.83. The highest BCUT2D eigenvalue weighted by molar-refractivity contribution is 7.91. The van der Waals surface area contributed by atoms with Crippen LogP contribution >= 0.6 is 11.7 Å². The quantitative estimate of drug-likeness (QED) is 0.577. The first-order valence-corrected chi connectivity index (χ1v) is 13.6. The molecule has 1 aromatic carbocycles. The van der Waals surface area contributed by atoms with Crippen LogP contribution in [0.25, 0.3) is 11.0 Å². The number of carbonyl (C=O) groups is 1. The molecule has 3 heterocycles. The molecule has 13 heteroatoms. The fourth-order valence-corrected chi connectivity index (χ4v) is 7.85. The monoisotopic (exact) mass is 473 g/mol.